The van der Waals surface area contributed by atoms with Gasteiger partial charge in [-0.2, -0.15) is 0 Å². The summed E-state index contributed by atoms with van der Waals surface area (Å²) in [5.74, 6) is -0.299. The van der Waals surface area contributed by atoms with Gasteiger partial charge in [0.15, 0.2) is 0 Å². The monoisotopic (exact) mass is 462 g/mol. The van der Waals surface area contributed by atoms with Crippen molar-refractivity contribution in [2.75, 3.05) is 10.6 Å². The van der Waals surface area contributed by atoms with Crippen LogP contribution in [0, 0.1) is 0 Å². The van der Waals surface area contributed by atoms with Gasteiger partial charge in [0.2, 0.25) is 15.9 Å². The standard InChI is InChI=1S/C24H31ClN2O3S/c1-4-22(19-11-10-17-8-6-7-9-18(17)16-19)26-24(28)23(5-2)27(31(3,29)30)21-14-12-20(25)13-15-21/h10-16,22-23H,4-9H2,1-3H3,(H,26,28)/t22-,23+/m0/s1. The molecule has 0 saturated carbocycles. The topological polar surface area (TPSA) is 66.5 Å². The summed E-state index contributed by atoms with van der Waals surface area (Å²) in [7, 11) is -3.68. The van der Waals surface area contributed by atoms with Gasteiger partial charge in [0, 0.05) is 5.02 Å². The second-order valence-electron chi connectivity index (χ2n) is 8.16. The molecule has 168 valence electrons. The zero-order chi connectivity index (χ0) is 22.6. The number of halogens is 1. The fourth-order valence-corrected chi connectivity index (χ4v) is 5.65. The summed E-state index contributed by atoms with van der Waals surface area (Å²) in [6.07, 6.45) is 6.80. The number of carbonyl (C=O) groups is 1. The lowest BCUT2D eigenvalue weighted by Crippen LogP contribution is -2.50. The van der Waals surface area contributed by atoms with Gasteiger partial charge in [-0.15, -0.1) is 0 Å². The summed E-state index contributed by atoms with van der Waals surface area (Å²) >= 11 is 5.97. The van der Waals surface area contributed by atoms with E-state index in [2.05, 4.69) is 23.5 Å². The number of aryl methyl sites for hydroxylation is 2. The summed E-state index contributed by atoms with van der Waals surface area (Å²) in [4.78, 5) is 13.3. The van der Waals surface area contributed by atoms with Crippen molar-refractivity contribution in [3.05, 3.63) is 64.2 Å². The Kier molecular flexibility index (Phi) is 7.65. The van der Waals surface area contributed by atoms with Gasteiger partial charge in [-0.1, -0.05) is 43.6 Å². The normalized spacial score (nSPS) is 15.6. The number of nitrogens with zero attached hydrogens (tertiary/aromatic N) is 1. The number of carbonyl (C=O) groups excluding carboxylic acids is 1. The Morgan fingerprint density at radius 3 is 2.26 bits per heavy atom. The molecule has 0 saturated heterocycles. The molecule has 0 unspecified atom stereocenters. The van der Waals surface area contributed by atoms with Gasteiger partial charge in [-0.3, -0.25) is 9.10 Å². The maximum atomic E-state index is 13.3. The van der Waals surface area contributed by atoms with Crippen LogP contribution in [0.15, 0.2) is 42.5 Å². The highest BCUT2D eigenvalue weighted by Gasteiger charge is 2.32. The number of benzene rings is 2. The lowest BCUT2D eigenvalue weighted by molar-refractivity contribution is -0.123. The van der Waals surface area contributed by atoms with Gasteiger partial charge in [0.05, 0.1) is 18.0 Å². The highest BCUT2D eigenvalue weighted by atomic mass is 35.5. The van der Waals surface area contributed by atoms with E-state index in [9.17, 15) is 13.2 Å². The number of nitrogens with one attached hydrogen (secondary N) is 1. The van der Waals surface area contributed by atoms with Crippen molar-refractivity contribution in [3.8, 4) is 0 Å². The van der Waals surface area contributed by atoms with Gasteiger partial charge in [0.1, 0.15) is 6.04 Å². The molecule has 7 heteroatoms. The molecule has 3 rings (SSSR count). The molecule has 1 amide bonds. The van der Waals surface area contributed by atoms with Crippen LogP contribution in [0.1, 0.15) is 62.3 Å². The molecular formula is C24H31ClN2O3S. The average Bonchev–Trinajstić information content (AvgIpc) is 2.75. The van der Waals surface area contributed by atoms with Crippen molar-refractivity contribution in [1.82, 2.24) is 5.32 Å². The fourth-order valence-electron chi connectivity index (χ4n) is 4.31. The maximum absolute atomic E-state index is 13.3. The Labute approximate surface area is 190 Å². The van der Waals surface area contributed by atoms with E-state index in [0.717, 1.165) is 31.1 Å². The second kappa shape index (κ2) is 10.0. The molecule has 2 aromatic carbocycles. The fraction of sp³-hybridized carbons (Fsp3) is 0.458. The van der Waals surface area contributed by atoms with E-state index in [4.69, 9.17) is 11.6 Å². The van der Waals surface area contributed by atoms with Crippen LogP contribution in [0.5, 0.6) is 0 Å². The van der Waals surface area contributed by atoms with Crippen molar-refractivity contribution in [2.24, 2.45) is 0 Å². The summed E-state index contributed by atoms with van der Waals surface area (Å²) in [6.45, 7) is 3.84. The summed E-state index contributed by atoms with van der Waals surface area (Å²) in [5.41, 5.74) is 4.26. The molecule has 0 aliphatic heterocycles. The first-order chi connectivity index (χ1) is 14.7. The van der Waals surface area contributed by atoms with Crippen molar-refractivity contribution in [2.45, 2.75) is 64.5 Å². The molecule has 2 aromatic rings. The van der Waals surface area contributed by atoms with Crippen LogP contribution in [-0.4, -0.2) is 26.6 Å². The van der Waals surface area contributed by atoms with Gasteiger partial charge < -0.3 is 5.32 Å². The Balaban J connectivity index is 1.86. The zero-order valence-electron chi connectivity index (χ0n) is 18.4. The molecule has 0 bridgehead atoms. The maximum Gasteiger partial charge on any atom is 0.244 e. The van der Waals surface area contributed by atoms with Gasteiger partial charge in [-0.05, 0) is 79.5 Å². The van der Waals surface area contributed by atoms with E-state index in [0.29, 0.717) is 17.1 Å². The molecule has 1 aliphatic carbocycles. The van der Waals surface area contributed by atoms with Crippen LogP contribution in [0.4, 0.5) is 5.69 Å². The lowest BCUT2D eigenvalue weighted by Gasteiger charge is -2.31. The van der Waals surface area contributed by atoms with Crippen LogP contribution in [0.25, 0.3) is 0 Å². The minimum atomic E-state index is -3.68. The van der Waals surface area contributed by atoms with E-state index in [-0.39, 0.29) is 11.9 Å². The van der Waals surface area contributed by atoms with E-state index in [1.807, 2.05) is 13.8 Å². The molecule has 0 heterocycles. The molecule has 5 nitrogen and oxygen atoms in total. The first-order valence-corrected chi connectivity index (χ1v) is 13.1. The number of amides is 1. The van der Waals surface area contributed by atoms with E-state index in [1.165, 1.54) is 28.3 Å². The average molecular weight is 463 g/mol. The van der Waals surface area contributed by atoms with Crippen LogP contribution in [0.2, 0.25) is 5.02 Å². The molecule has 1 N–H and O–H groups in total. The summed E-state index contributed by atoms with van der Waals surface area (Å²) in [5, 5.41) is 3.61. The summed E-state index contributed by atoms with van der Waals surface area (Å²) in [6, 6.07) is 12.0. The molecule has 0 fully saturated rings. The number of fused-ring (bicyclic) bond motifs is 1. The third kappa shape index (κ3) is 5.60. The number of hydrogen-bond acceptors (Lipinski definition) is 3. The Bertz CT molecular complexity index is 1020. The zero-order valence-corrected chi connectivity index (χ0v) is 20.0. The predicted octanol–water partition coefficient (Wildman–Crippen LogP) is 5.03. The van der Waals surface area contributed by atoms with Crippen LogP contribution < -0.4 is 9.62 Å². The lowest BCUT2D eigenvalue weighted by atomic mass is 9.88. The Morgan fingerprint density at radius 1 is 1.03 bits per heavy atom. The van der Waals surface area contributed by atoms with Gasteiger partial charge >= 0.3 is 0 Å². The van der Waals surface area contributed by atoms with Crippen LogP contribution >= 0.6 is 11.6 Å². The SMILES string of the molecule is CC[C@H](NC(=O)[C@@H](CC)N(c1ccc(Cl)cc1)S(C)(=O)=O)c1ccc2c(c1)CCCC2. The molecule has 2 atom stereocenters. The highest BCUT2D eigenvalue weighted by molar-refractivity contribution is 7.92. The van der Waals surface area contributed by atoms with E-state index >= 15 is 0 Å². The van der Waals surface area contributed by atoms with Crippen molar-refractivity contribution >= 4 is 33.2 Å². The van der Waals surface area contributed by atoms with Crippen LogP contribution in [-0.2, 0) is 27.7 Å². The number of sulfonamides is 1. The highest BCUT2D eigenvalue weighted by Crippen LogP contribution is 2.28. The van der Waals surface area contributed by atoms with Crippen molar-refractivity contribution < 1.29 is 13.2 Å². The van der Waals surface area contributed by atoms with Gasteiger partial charge in [0.25, 0.3) is 0 Å². The van der Waals surface area contributed by atoms with Crippen molar-refractivity contribution in [1.29, 1.82) is 0 Å². The largest absolute Gasteiger partial charge is 0.347 e. The Hall–Kier alpha value is -2.05. The van der Waals surface area contributed by atoms with E-state index in [1.54, 1.807) is 24.3 Å². The van der Waals surface area contributed by atoms with Crippen molar-refractivity contribution in [3.63, 3.8) is 0 Å². The minimum absolute atomic E-state index is 0.166. The number of anilines is 1. The minimum Gasteiger partial charge on any atom is -0.347 e. The first kappa shape index (κ1) is 23.6. The quantitative estimate of drug-likeness (QED) is 0.598. The van der Waals surface area contributed by atoms with Gasteiger partial charge in [-0.25, -0.2) is 8.42 Å². The third-order valence-corrected chi connectivity index (χ3v) is 7.34. The first-order valence-electron chi connectivity index (χ1n) is 10.9. The Morgan fingerprint density at radius 2 is 1.68 bits per heavy atom. The molecular weight excluding hydrogens is 432 g/mol. The smallest absolute Gasteiger partial charge is 0.244 e. The molecule has 1 aliphatic rings. The number of hydrogen-bond donors (Lipinski definition) is 1. The second-order valence-corrected chi connectivity index (χ2v) is 10.5. The summed E-state index contributed by atoms with van der Waals surface area (Å²) < 4.78 is 26.4. The van der Waals surface area contributed by atoms with Crippen LogP contribution in [0.3, 0.4) is 0 Å². The predicted molar refractivity (Wildman–Crippen MR) is 127 cm³/mol. The number of rotatable bonds is 8. The third-order valence-electron chi connectivity index (χ3n) is 5.91. The molecule has 0 radical (unpaired) electrons. The molecule has 31 heavy (non-hydrogen) atoms. The van der Waals surface area contributed by atoms with E-state index < -0.39 is 16.1 Å². The molecule has 0 aromatic heterocycles. The molecule has 0 spiro atoms.